The van der Waals surface area contributed by atoms with E-state index in [9.17, 15) is 14.9 Å². The van der Waals surface area contributed by atoms with Gasteiger partial charge < -0.3 is 9.72 Å². The Morgan fingerprint density at radius 3 is 3.05 bits per heavy atom. The minimum Gasteiger partial charge on any atom is -0.461 e. The molecule has 2 aromatic heterocycles. The fourth-order valence-corrected chi connectivity index (χ4v) is 2.23. The van der Waals surface area contributed by atoms with Crippen molar-refractivity contribution in [2.24, 2.45) is 0 Å². The minimum atomic E-state index is -1.45. The van der Waals surface area contributed by atoms with Crippen LogP contribution in [0.15, 0.2) is 18.5 Å². The van der Waals surface area contributed by atoms with Gasteiger partial charge in [-0.1, -0.05) is 11.6 Å². The number of pyridine rings is 1. The molecule has 0 amide bonds. The fraction of sp³-hybridized carbons (Fsp3) is 0.333. The van der Waals surface area contributed by atoms with Crippen molar-refractivity contribution in [3.8, 4) is 0 Å². The largest absolute Gasteiger partial charge is 0.461 e. The zero-order chi connectivity index (χ0) is 14.7. The second kappa shape index (κ2) is 5.87. The van der Waals surface area contributed by atoms with Crippen LogP contribution in [-0.2, 0) is 16.0 Å². The van der Waals surface area contributed by atoms with Crippen LogP contribution >= 0.6 is 11.6 Å². The monoisotopic (exact) mass is 297 g/mol. The Morgan fingerprint density at radius 1 is 1.65 bits per heavy atom. The Bertz CT molecular complexity index is 655. The number of hydrogen-bond donors (Lipinski definition) is 1. The number of esters is 1. The summed E-state index contributed by atoms with van der Waals surface area (Å²) in [6.07, 6.45) is 3.02. The maximum atomic E-state index is 11.6. The SMILES string of the molecule is CCOC(=O)C(Cc1c[nH]c2ccnc(Cl)c12)[N+](=O)[O-]. The van der Waals surface area contributed by atoms with Crippen molar-refractivity contribution in [2.45, 2.75) is 19.4 Å². The lowest BCUT2D eigenvalue weighted by atomic mass is 10.1. The van der Waals surface area contributed by atoms with Gasteiger partial charge in [-0.05, 0) is 18.6 Å². The summed E-state index contributed by atoms with van der Waals surface area (Å²) in [6.45, 7) is 1.70. The quantitative estimate of drug-likeness (QED) is 0.394. The highest BCUT2D eigenvalue weighted by Crippen LogP contribution is 2.26. The molecule has 0 spiro atoms. The molecule has 2 heterocycles. The predicted molar refractivity (Wildman–Crippen MR) is 72.2 cm³/mol. The highest BCUT2D eigenvalue weighted by atomic mass is 35.5. The van der Waals surface area contributed by atoms with Crippen molar-refractivity contribution in [3.63, 3.8) is 0 Å². The van der Waals surface area contributed by atoms with E-state index in [0.717, 1.165) is 0 Å². The van der Waals surface area contributed by atoms with E-state index in [1.165, 1.54) is 6.20 Å². The molecule has 106 valence electrons. The zero-order valence-corrected chi connectivity index (χ0v) is 11.4. The van der Waals surface area contributed by atoms with E-state index in [4.69, 9.17) is 16.3 Å². The Hall–Kier alpha value is -2.15. The van der Waals surface area contributed by atoms with Gasteiger partial charge in [-0.15, -0.1) is 0 Å². The standard InChI is InChI=1S/C12H12ClN3O4/c1-2-20-12(17)9(16(18)19)5-7-6-15-8-3-4-14-11(13)10(7)8/h3-4,6,9,15H,2,5H2,1H3. The molecule has 8 heteroatoms. The lowest BCUT2D eigenvalue weighted by Gasteiger charge is -2.08. The van der Waals surface area contributed by atoms with E-state index in [1.807, 2.05) is 0 Å². The second-order valence-corrected chi connectivity index (χ2v) is 4.45. The van der Waals surface area contributed by atoms with Crippen molar-refractivity contribution in [2.75, 3.05) is 6.61 Å². The molecule has 2 rings (SSSR count). The van der Waals surface area contributed by atoms with Crippen LogP contribution in [0.2, 0.25) is 5.15 Å². The van der Waals surface area contributed by atoms with Gasteiger partial charge in [-0.25, -0.2) is 9.78 Å². The van der Waals surface area contributed by atoms with Crippen molar-refractivity contribution in [3.05, 3.63) is 39.3 Å². The summed E-state index contributed by atoms with van der Waals surface area (Å²) in [7, 11) is 0. The van der Waals surface area contributed by atoms with E-state index in [0.29, 0.717) is 16.5 Å². The Morgan fingerprint density at radius 2 is 2.40 bits per heavy atom. The van der Waals surface area contributed by atoms with E-state index in [-0.39, 0.29) is 18.2 Å². The fourth-order valence-electron chi connectivity index (χ4n) is 1.95. The molecule has 0 saturated carbocycles. The summed E-state index contributed by atoms with van der Waals surface area (Å²) < 4.78 is 4.72. The first-order valence-corrected chi connectivity index (χ1v) is 6.33. The van der Waals surface area contributed by atoms with E-state index in [2.05, 4.69) is 9.97 Å². The molecule has 1 N–H and O–H groups in total. The maximum Gasteiger partial charge on any atom is 0.382 e. The van der Waals surface area contributed by atoms with Crippen LogP contribution in [0.3, 0.4) is 0 Å². The number of aromatic amines is 1. The Balaban J connectivity index is 2.34. The third kappa shape index (κ3) is 2.72. The van der Waals surface area contributed by atoms with Crippen LogP contribution in [0, 0.1) is 10.1 Å². The summed E-state index contributed by atoms with van der Waals surface area (Å²) in [5.41, 5.74) is 1.28. The van der Waals surface area contributed by atoms with Crippen LogP contribution in [-0.4, -0.2) is 33.5 Å². The summed E-state index contributed by atoms with van der Waals surface area (Å²) in [4.78, 5) is 28.8. The lowest BCUT2D eigenvalue weighted by Crippen LogP contribution is -2.33. The summed E-state index contributed by atoms with van der Waals surface area (Å²) in [5, 5.41) is 11.8. The van der Waals surface area contributed by atoms with Crippen molar-refractivity contribution < 1.29 is 14.5 Å². The number of fused-ring (bicyclic) bond motifs is 1. The first kappa shape index (κ1) is 14.3. The first-order valence-electron chi connectivity index (χ1n) is 5.95. The van der Waals surface area contributed by atoms with E-state index in [1.54, 1.807) is 19.2 Å². The third-order valence-corrected chi connectivity index (χ3v) is 3.14. The molecule has 0 aromatic carbocycles. The number of rotatable bonds is 5. The topological polar surface area (TPSA) is 98.1 Å². The highest BCUT2D eigenvalue weighted by Gasteiger charge is 2.32. The number of ether oxygens (including phenoxy) is 1. The molecular formula is C12H12ClN3O4. The molecule has 0 aliphatic heterocycles. The number of nitro groups is 1. The molecule has 0 radical (unpaired) electrons. The molecule has 0 aliphatic rings. The number of nitrogens with zero attached hydrogens (tertiary/aromatic N) is 2. The number of hydrogen-bond acceptors (Lipinski definition) is 5. The average Bonchev–Trinajstić information content (AvgIpc) is 2.80. The van der Waals surface area contributed by atoms with Gasteiger partial charge in [-0.3, -0.25) is 10.1 Å². The molecule has 20 heavy (non-hydrogen) atoms. The molecule has 0 aliphatic carbocycles. The molecule has 1 unspecified atom stereocenters. The van der Waals surface area contributed by atoms with Gasteiger partial charge in [0.2, 0.25) is 0 Å². The third-order valence-electron chi connectivity index (χ3n) is 2.85. The molecular weight excluding hydrogens is 286 g/mol. The minimum absolute atomic E-state index is 0.0966. The van der Waals surface area contributed by atoms with E-state index < -0.39 is 16.9 Å². The zero-order valence-electron chi connectivity index (χ0n) is 10.6. The van der Waals surface area contributed by atoms with Gasteiger partial charge in [-0.2, -0.15) is 0 Å². The van der Waals surface area contributed by atoms with Gasteiger partial charge in [0.05, 0.1) is 18.5 Å². The maximum absolute atomic E-state index is 11.6. The van der Waals surface area contributed by atoms with Gasteiger partial charge in [0.1, 0.15) is 5.15 Å². The van der Waals surface area contributed by atoms with Crippen molar-refractivity contribution >= 4 is 28.5 Å². The molecule has 2 aromatic rings. The number of carbonyl (C=O) groups excluding carboxylic acids is 1. The molecule has 1 atom stereocenters. The number of halogens is 1. The first-order chi connectivity index (χ1) is 9.54. The van der Waals surface area contributed by atoms with Crippen LogP contribution in [0.1, 0.15) is 12.5 Å². The normalized spacial score (nSPS) is 12.3. The Labute approximate surface area is 119 Å². The second-order valence-electron chi connectivity index (χ2n) is 4.10. The molecule has 7 nitrogen and oxygen atoms in total. The van der Waals surface area contributed by atoms with Gasteiger partial charge >= 0.3 is 12.0 Å². The number of H-pyrrole nitrogens is 1. The summed E-state index contributed by atoms with van der Waals surface area (Å²) in [5.74, 6) is -0.855. The van der Waals surface area contributed by atoms with Gasteiger partial charge in [0.25, 0.3) is 0 Å². The lowest BCUT2D eigenvalue weighted by molar-refractivity contribution is -0.510. The Kier molecular flexibility index (Phi) is 4.19. The predicted octanol–water partition coefficient (Wildman–Crippen LogP) is 1.97. The van der Waals surface area contributed by atoms with Crippen molar-refractivity contribution in [1.82, 2.24) is 9.97 Å². The number of aromatic nitrogens is 2. The smallest absolute Gasteiger partial charge is 0.382 e. The molecule has 0 saturated heterocycles. The van der Waals surface area contributed by atoms with Crippen LogP contribution in [0.5, 0.6) is 0 Å². The average molecular weight is 298 g/mol. The van der Waals surface area contributed by atoms with Crippen LogP contribution < -0.4 is 0 Å². The summed E-state index contributed by atoms with van der Waals surface area (Å²) in [6, 6.07) is 0.251. The molecule has 0 bridgehead atoms. The highest BCUT2D eigenvalue weighted by molar-refractivity contribution is 6.34. The van der Waals surface area contributed by atoms with E-state index >= 15 is 0 Å². The molecule has 0 fully saturated rings. The van der Waals surface area contributed by atoms with Gasteiger partial charge in [0.15, 0.2) is 0 Å². The van der Waals surface area contributed by atoms with Gasteiger partial charge in [0, 0.05) is 22.7 Å². The summed E-state index contributed by atoms with van der Waals surface area (Å²) >= 11 is 5.99. The van der Waals surface area contributed by atoms with Crippen LogP contribution in [0.25, 0.3) is 10.9 Å². The van der Waals surface area contributed by atoms with Crippen molar-refractivity contribution in [1.29, 1.82) is 0 Å². The van der Waals surface area contributed by atoms with Crippen LogP contribution in [0.4, 0.5) is 0 Å². The number of carbonyl (C=O) groups is 1. The number of nitrogens with one attached hydrogen (secondary N) is 1.